The van der Waals surface area contributed by atoms with Crippen molar-refractivity contribution >= 4 is 11.9 Å². The molecule has 1 heterocycles. The number of rotatable bonds is 7. The Labute approximate surface area is 99.9 Å². The van der Waals surface area contributed by atoms with Crippen LogP contribution in [-0.2, 0) is 16.0 Å². The normalized spacial score (nSPS) is 9.88. The van der Waals surface area contributed by atoms with E-state index in [1.807, 2.05) is 12.1 Å². The van der Waals surface area contributed by atoms with Crippen LogP contribution in [0, 0.1) is 0 Å². The Kier molecular flexibility index (Phi) is 5.71. The molecule has 0 saturated carbocycles. The van der Waals surface area contributed by atoms with Crippen LogP contribution in [0.15, 0.2) is 24.5 Å². The third-order valence-corrected chi connectivity index (χ3v) is 2.28. The molecule has 0 aromatic carbocycles. The summed E-state index contributed by atoms with van der Waals surface area (Å²) in [4.78, 5) is 25.5. The molecule has 17 heavy (non-hydrogen) atoms. The number of hydrogen-bond donors (Lipinski definition) is 2. The van der Waals surface area contributed by atoms with E-state index in [0.717, 1.165) is 5.56 Å². The van der Waals surface area contributed by atoms with Gasteiger partial charge in [0.2, 0.25) is 5.91 Å². The number of amides is 1. The van der Waals surface area contributed by atoms with E-state index < -0.39 is 5.97 Å². The average Bonchev–Trinajstić information content (AvgIpc) is 2.33. The zero-order valence-corrected chi connectivity index (χ0v) is 9.56. The molecule has 0 saturated heterocycles. The number of aryl methyl sites for hydroxylation is 1. The number of carboxylic acid groups (broad SMARTS) is 1. The lowest BCUT2D eigenvalue weighted by Gasteiger charge is -2.04. The van der Waals surface area contributed by atoms with Gasteiger partial charge in [0.25, 0.3) is 0 Å². The van der Waals surface area contributed by atoms with Crippen molar-refractivity contribution in [2.75, 3.05) is 6.54 Å². The van der Waals surface area contributed by atoms with E-state index in [-0.39, 0.29) is 12.3 Å². The highest BCUT2D eigenvalue weighted by Gasteiger charge is 2.02. The maximum atomic E-state index is 11.4. The van der Waals surface area contributed by atoms with E-state index in [4.69, 9.17) is 5.11 Å². The van der Waals surface area contributed by atoms with Gasteiger partial charge in [0, 0.05) is 31.8 Å². The standard InChI is InChI=1S/C12H16N2O3/c15-11(14-7-1-2-12(16)17)4-3-10-5-8-13-9-6-10/h5-6,8-9H,1-4,7H2,(H,14,15)(H,16,17). The van der Waals surface area contributed by atoms with Crippen LogP contribution in [0.25, 0.3) is 0 Å². The fourth-order valence-corrected chi connectivity index (χ4v) is 1.36. The summed E-state index contributed by atoms with van der Waals surface area (Å²) in [5, 5.41) is 11.1. The molecule has 0 bridgehead atoms. The number of aromatic nitrogens is 1. The van der Waals surface area contributed by atoms with E-state index in [1.54, 1.807) is 12.4 Å². The first kappa shape index (κ1) is 13.2. The third kappa shape index (κ3) is 6.29. The second kappa shape index (κ2) is 7.38. The summed E-state index contributed by atoms with van der Waals surface area (Å²) in [5.74, 6) is -0.886. The van der Waals surface area contributed by atoms with Gasteiger partial charge in [-0.25, -0.2) is 0 Å². The van der Waals surface area contributed by atoms with Gasteiger partial charge in [-0.2, -0.15) is 0 Å². The summed E-state index contributed by atoms with van der Waals surface area (Å²) in [6.45, 7) is 0.418. The van der Waals surface area contributed by atoms with E-state index in [9.17, 15) is 9.59 Å². The Morgan fingerprint density at radius 1 is 1.24 bits per heavy atom. The van der Waals surface area contributed by atoms with Crippen LogP contribution in [0.3, 0.4) is 0 Å². The van der Waals surface area contributed by atoms with Crippen molar-refractivity contribution in [1.82, 2.24) is 10.3 Å². The van der Waals surface area contributed by atoms with E-state index >= 15 is 0 Å². The number of nitrogens with one attached hydrogen (secondary N) is 1. The largest absolute Gasteiger partial charge is 0.481 e. The van der Waals surface area contributed by atoms with Crippen molar-refractivity contribution in [3.63, 3.8) is 0 Å². The summed E-state index contributed by atoms with van der Waals surface area (Å²) in [7, 11) is 0. The van der Waals surface area contributed by atoms with Gasteiger partial charge < -0.3 is 10.4 Å². The van der Waals surface area contributed by atoms with Crippen LogP contribution in [0.2, 0.25) is 0 Å². The maximum absolute atomic E-state index is 11.4. The van der Waals surface area contributed by atoms with E-state index in [0.29, 0.717) is 25.8 Å². The monoisotopic (exact) mass is 236 g/mol. The molecule has 0 aliphatic heterocycles. The first-order valence-electron chi connectivity index (χ1n) is 5.56. The first-order chi connectivity index (χ1) is 8.18. The zero-order valence-electron chi connectivity index (χ0n) is 9.56. The number of carboxylic acids is 1. The van der Waals surface area contributed by atoms with Crippen LogP contribution in [0.4, 0.5) is 0 Å². The van der Waals surface area contributed by atoms with Crippen molar-refractivity contribution in [1.29, 1.82) is 0 Å². The summed E-state index contributed by atoms with van der Waals surface area (Å²) in [6.07, 6.45) is 5.03. The molecule has 0 spiro atoms. The van der Waals surface area contributed by atoms with Crippen LogP contribution < -0.4 is 5.32 Å². The van der Waals surface area contributed by atoms with Crippen LogP contribution in [0.5, 0.6) is 0 Å². The fraction of sp³-hybridized carbons (Fsp3) is 0.417. The van der Waals surface area contributed by atoms with Crippen molar-refractivity contribution < 1.29 is 14.7 Å². The molecule has 5 nitrogen and oxygen atoms in total. The molecular formula is C12H16N2O3. The lowest BCUT2D eigenvalue weighted by atomic mass is 10.1. The summed E-state index contributed by atoms with van der Waals surface area (Å²) in [6, 6.07) is 3.75. The van der Waals surface area contributed by atoms with Crippen molar-refractivity contribution in [3.8, 4) is 0 Å². The predicted molar refractivity (Wildman–Crippen MR) is 62.4 cm³/mol. The zero-order chi connectivity index (χ0) is 12.5. The van der Waals surface area contributed by atoms with Crippen LogP contribution in [0.1, 0.15) is 24.8 Å². The SMILES string of the molecule is O=C(O)CCCNC(=O)CCc1ccncc1. The number of carbonyl (C=O) groups is 2. The predicted octanol–water partition coefficient (Wildman–Crippen LogP) is 0.995. The lowest BCUT2D eigenvalue weighted by molar-refractivity contribution is -0.137. The Morgan fingerprint density at radius 3 is 2.59 bits per heavy atom. The molecule has 1 rings (SSSR count). The summed E-state index contributed by atoms with van der Waals surface area (Å²) < 4.78 is 0. The van der Waals surface area contributed by atoms with Crippen molar-refractivity contribution in [2.24, 2.45) is 0 Å². The Morgan fingerprint density at radius 2 is 1.94 bits per heavy atom. The van der Waals surface area contributed by atoms with E-state index in [2.05, 4.69) is 10.3 Å². The minimum absolute atomic E-state index is 0.0489. The topological polar surface area (TPSA) is 79.3 Å². The highest BCUT2D eigenvalue weighted by molar-refractivity contribution is 5.76. The van der Waals surface area contributed by atoms with Crippen LogP contribution in [-0.4, -0.2) is 28.5 Å². The molecule has 0 radical (unpaired) electrons. The second-order valence-electron chi connectivity index (χ2n) is 3.70. The fourth-order valence-electron chi connectivity index (χ4n) is 1.36. The molecule has 1 amide bonds. The quantitative estimate of drug-likeness (QED) is 0.692. The molecule has 0 fully saturated rings. The molecule has 0 atom stereocenters. The first-order valence-corrected chi connectivity index (χ1v) is 5.56. The Balaban J connectivity index is 2.11. The van der Waals surface area contributed by atoms with Gasteiger partial charge >= 0.3 is 5.97 Å². The number of pyridine rings is 1. The molecule has 2 N–H and O–H groups in total. The molecule has 0 aliphatic carbocycles. The minimum atomic E-state index is -0.837. The minimum Gasteiger partial charge on any atom is -0.481 e. The van der Waals surface area contributed by atoms with Gasteiger partial charge in [-0.3, -0.25) is 14.6 Å². The molecule has 0 aliphatic rings. The molecule has 0 unspecified atom stereocenters. The summed E-state index contributed by atoms with van der Waals surface area (Å²) in [5.41, 5.74) is 1.07. The average molecular weight is 236 g/mol. The van der Waals surface area contributed by atoms with Gasteiger partial charge in [-0.1, -0.05) is 0 Å². The van der Waals surface area contributed by atoms with Crippen LogP contribution >= 0.6 is 0 Å². The Bertz CT molecular complexity index is 365. The van der Waals surface area contributed by atoms with Gasteiger partial charge in [-0.05, 0) is 30.5 Å². The molecule has 92 valence electrons. The summed E-state index contributed by atoms with van der Waals surface area (Å²) >= 11 is 0. The Hall–Kier alpha value is -1.91. The van der Waals surface area contributed by atoms with Gasteiger partial charge in [-0.15, -0.1) is 0 Å². The number of carbonyl (C=O) groups excluding carboxylic acids is 1. The highest BCUT2D eigenvalue weighted by Crippen LogP contribution is 2.00. The lowest BCUT2D eigenvalue weighted by Crippen LogP contribution is -2.25. The third-order valence-electron chi connectivity index (χ3n) is 2.28. The highest BCUT2D eigenvalue weighted by atomic mass is 16.4. The van der Waals surface area contributed by atoms with Crippen molar-refractivity contribution in [3.05, 3.63) is 30.1 Å². The van der Waals surface area contributed by atoms with Gasteiger partial charge in [0.05, 0.1) is 0 Å². The molecular weight excluding hydrogens is 220 g/mol. The smallest absolute Gasteiger partial charge is 0.303 e. The molecule has 1 aromatic rings. The number of hydrogen-bond acceptors (Lipinski definition) is 3. The molecule has 1 aromatic heterocycles. The van der Waals surface area contributed by atoms with E-state index in [1.165, 1.54) is 0 Å². The van der Waals surface area contributed by atoms with Crippen molar-refractivity contribution in [2.45, 2.75) is 25.7 Å². The number of nitrogens with zero attached hydrogens (tertiary/aromatic N) is 1. The second-order valence-corrected chi connectivity index (χ2v) is 3.70. The molecule has 5 heteroatoms. The van der Waals surface area contributed by atoms with Gasteiger partial charge in [0.15, 0.2) is 0 Å². The van der Waals surface area contributed by atoms with Gasteiger partial charge in [0.1, 0.15) is 0 Å². The maximum Gasteiger partial charge on any atom is 0.303 e. The number of aliphatic carboxylic acids is 1.